The highest BCUT2D eigenvalue weighted by atomic mass is 16.5. The van der Waals surface area contributed by atoms with Gasteiger partial charge in [-0.1, -0.05) is 12.1 Å². The van der Waals surface area contributed by atoms with E-state index >= 15 is 0 Å². The van der Waals surface area contributed by atoms with Crippen molar-refractivity contribution in [1.29, 1.82) is 0 Å². The minimum absolute atomic E-state index is 0.547. The number of carbonyl (C=O) groups is 1. The Balaban J connectivity index is 2.76. The first kappa shape index (κ1) is 8.69. The van der Waals surface area contributed by atoms with Gasteiger partial charge in [0, 0.05) is 17.1 Å². The van der Waals surface area contributed by atoms with Crippen LogP contribution in [0, 0.1) is 0 Å². The summed E-state index contributed by atoms with van der Waals surface area (Å²) >= 11 is 0. The quantitative estimate of drug-likeness (QED) is 0.675. The topological polar surface area (TPSA) is 39.2 Å². The van der Waals surface area contributed by atoms with Gasteiger partial charge in [-0.15, -0.1) is 0 Å². The number of aldehydes is 1. The largest absolute Gasteiger partial charge is 0.481 e. The summed E-state index contributed by atoms with van der Waals surface area (Å²) in [7, 11) is 1.56. The van der Waals surface area contributed by atoms with Crippen molar-refractivity contribution < 1.29 is 9.53 Å². The SMILES string of the molecule is COc1nccc2ccc(C=O)cc12. The fourth-order valence-electron chi connectivity index (χ4n) is 1.40. The van der Waals surface area contributed by atoms with Crippen LogP contribution in [0.15, 0.2) is 30.5 Å². The normalized spacial score (nSPS) is 10.1. The zero-order valence-electron chi connectivity index (χ0n) is 7.73. The van der Waals surface area contributed by atoms with E-state index in [2.05, 4.69) is 4.98 Å². The molecule has 0 aliphatic rings. The summed E-state index contributed by atoms with van der Waals surface area (Å²) in [6.07, 6.45) is 2.49. The second-order valence-electron chi connectivity index (χ2n) is 2.92. The van der Waals surface area contributed by atoms with E-state index in [4.69, 9.17) is 4.74 Å². The lowest BCUT2D eigenvalue weighted by atomic mass is 10.1. The molecule has 3 nitrogen and oxygen atoms in total. The van der Waals surface area contributed by atoms with Crippen molar-refractivity contribution in [2.75, 3.05) is 7.11 Å². The van der Waals surface area contributed by atoms with Crippen molar-refractivity contribution in [3.05, 3.63) is 36.0 Å². The standard InChI is InChI=1S/C11H9NO2/c1-14-11-10-6-8(7-13)2-3-9(10)4-5-12-11/h2-7H,1H3. The van der Waals surface area contributed by atoms with Crippen LogP contribution in [0.5, 0.6) is 5.88 Å². The second kappa shape index (κ2) is 3.46. The number of fused-ring (bicyclic) bond motifs is 1. The van der Waals surface area contributed by atoms with Crippen molar-refractivity contribution in [2.45, 2.75) is 0 Å². The van der Waals surface area contributed by atoms with E-state index in [0.29, 0.717) is 11.4 Å². The first-order valence-corrected chi connectivity index (χ1v) is 4.23. The molecule has 1 aromatic carbocycles. The number of rotatable bonds is 2. The summed E-state index contributed by atoms with van der Waals surface area (Å²) in [4.78, 5) is 14.7. The number of aromatic nitrogens is 1. The molecule has 0 aliphatic carbocycles. The lowest BCUT2D eigenvalue weighted by Crippen LogP contribution is -1.89. The van der Waals surface area contributed by atoms with Crippen molar-refractivity contribution >= 4 is 17.1 Å². The van der Waals surface area contributed by atoms with Crippen LogP contribution < -0.4 is 4.74 Å². The van der Waals surface area contributed by atoms with Gasteiger partial charge in [0.15, 0.2) is 0 Å². The third-order valence-corrected chi connectivity index (χ3v) is 2.08. The van der Waals surface area contributed by atoms with Crippen LogP contribution in [0.4, 0.5) is 0 Å². The maximum Gasteiger partial charge on any atom is 0.221 e. The Morgan fingerprint density at radius 2 is 2.21 bits per heavy atom. The molecule has 0 spiro atoms. The first-order chi connectivity index (χ1) is 6.85. The minimum Gasteiger partial charge on any atom is -0.481 e. The lowest BCUT2D eigenvalue weighted by Gasteiger charge is -2.03. The van der Waals surface area contributed by atoms with E-state index in [0.717, 1.165) is 17.1 Å². The summed E-state index contributed by atoms with van der Waals surface area (Å²) in [6.45, 7) is 0. The fourth-order valence-corrected chi connectivity index (χ4v) is 1.40. The Hall–Kier alpha value is -1.90. The fraction of sp³-hybridized carbons (Fsp3) is 0.0909. The van der Waals surface area contributed by atoms with Crippen LogP contribution in [0.25, 0.3) is 10.8 Å². The highest BCUT2D eigenvalue weighted by molar-refractivity contribution is 5.91. The first-order valence-electron chi connectivity index (χ1n) is 4.23. The molecular weight excluding hydrogens is 178 g/mol. The number of hydrogen-bond acceptors (Lipinski definition) is 3. The summed E-state index contributed by atoms with van der Waals surface area (Å²) < 4.78 is 5.10. The molecule has 3 heteroatoms. The van der Waals surface area contributed by atoms with E-state index < -0.39 is 0 Å². The molecule has 0 saturated heterocycles. The van der Waals surface area contributed by atoms with Gasteiger partial charge in [0.05, 0.1) is 7.11 Å². The molecule has 0 radical (unpaired) electrons. The predicted molar refractivity (Wildman–Crippen MR) is 53.7 cm³/mol. The molecule has 0 N–H and O–H groups in total. The highest BCUT2D eigenvalue weighted by Gasteiger charge is 2.02. The number of carbonyl (C=O) groups excluding carboxylic acids is 1. The van der Waals surface area contributed by atoms with E-state index in [1.807, 2.05) is 12.1 Å². The third kappa shape index (κ3) is 1.33. The van der Waals surface area contributed by atoms with Crippen LogP contribution in [0.3, 0.4) is 0 Å². The van der Waals surface area contributed by atoms with Gasteiger partial charge < -0.3 is 4.74 Å². The molecule has 70 valence electrons. The minimum atomic E-state index is 0.547. The maximum atomic E-state index is 10.6. The van der Waals surface area contributed by atoms with Crippen molar-refractivity contribution in [3.8, 4) is 5.88 Å². The zero-order valence-corrected chi connectivity index (χ0v) is 7.73. The second-order valence-corrected chi connectivity index (χ2v) is 2.92. The van der Waals surface area contributed by atoms with Crippen molar-refractivity contribution in [3.63, 3.8) is 0 Å². The number of pyridine rings is 1. The zero-order chi connectivity index (χ0) is 9.97. The molecular formula is C11H9NO2. The van der Waals surface area contributed by atoms with Gasteiger partial charge in [0.25, 0.3) is 0 Å². The van der Waals surface area contributed by atoms with Crippen LogP contribution in [0.1, 0.15) is 10.4 Å². The van der Waals surface area contributed by atoms with Crippen molar-refractivity contribution in [2.24, 2.45) is 0 Å². The Morgan fingerprint density at radius 3 is 2.93 bits per heavy atom. The molecule has 2 aromatic rings. The molecule has 0 atom stereocenters. The number of nitrogens with zero attached hydrogens (tertiary/aromatic N) is 1. The molecule has 1 heterocycles. The Morgan fingerprint density at radius 1 is 1.36 bits per heavy atom. The van der Waals surface area contributed by atoms with E-state index in [9.17, 15) is 4.79 Å². The molecule has 0 bridgehead atoms. The van der Waals surface area contributed by atoms with Gasteiger partial charge in [0.1, 0.15) is 6.29 Å². The third-order valence-electron chi connectivity index (χ3n) is 2.08. The molecule has 0 fully saturated rings. The molecule has 0 unspecified atom stereocenters. The number of ether oxygens (including phenoxy) is 1. The molecule has 14 heavy (non-hydrogen) atoms. The number of methoxy groups -OCH3 is 1. The van der Waals surface area contributed by atoms with Gasteiger partial charge in [-0.25, -0.2) is 4.98 Å². The lowest BCUT2D eigenvalue weighted by molar-refractivity contribution is 0.112. The Labute approximate surface area is 81.3 Å². The van der Waals surface area contributed by atoms with E-state index in [-0.39, 0.29) is 0 Å². The van der Waals surface area contributed by atoms with E-state index in [1.54, 1.807) is 25.4 Å². The van der Waals surface area contributed by atoms with Crippen LogP contribution in [-0.2, 0) is 0 Å². The summed E-state index contributed by atoms with van der Waals surface area (Å²) in [5.74, 6) is 0.547. The van der Waals surface area contributed by atoms with Crippen LogP contribution in [-0.4, -0.2) is 18.4 Å². The number of hydrogen-bond donors (Lipinski definition) is 0. The van der Waals surface area contributed by atoms with Crippen LogP contribution >= 0.6 is 0 Å². The van der Waals surface area contributed by atoms with Gasteiger partial charge >= 0.3 is 0 Å². The molecule has 2 rings (SSSR count). The average Bonchev–Trinajstić information content (AvgIpc) is 2.27. The summed E-state index contributed by atoms with van der Waals surface area (Å²) in [5.41, 5.74) is 0.629. The van der Waals surface area contributed by atoms with Gasteiger partial charge in [0.2, 0.25) is 5.88 Å². The summed E-state index contributed by atoms with van der Waals surface area (Å²) in [6, 6.07) is 7.30. The van der Waals surface area contributed by atoms with Gasteiger partial charge in [-0.2, -0.15) is 0 Å². The predicted octanol–water partition coefficient (Wildman–Crippen LogP) is 2.06. The molecule has 1 aromatic heterocycles. The van der Waals surface area contributed by atoms with Crippen LogP contribution in [0.2, 0.25) is 0 Å². The molecule has 0 saturated carbocycles. The van der Waals surface area contributed by atoms with Gasteiger partial charge in [-0.05, 0) is 17.5 Å². The average molecular weight is 187 g/mol. The Bertz CT molecular complexity index is 480. The number of benzene rings is 1. The van der Waals surface area contributed by atoms with Crippen molar-refractivity contribution in [1.82, 2.24) is 4.98 Å². The highest BCUT2D eigenvalue weighted by Crippen LogP contribution is 2.23. The Kier molecular flexibility index (Phi) is 2.14. The molecule has 0 amide bonds. The smallest absolute Gasteiger partial charge is 0.221 e. The van der Waals surface area contributed by atoms with E-state index in [1.165, 1.54) is 0 Å². The maximum absolute atomic E-state index is 10.6. The molecule has 0 aliphatic heterocycles. The monoisotopic (exact) mass is 187 g/mol. The van der Waals surface area contributed by atoms with Gasteiger partial charge in [-0.3, -0.25) is 4.79 Å². The summed E-state index contributed by atoms with van der Waals surface area (Å²) in [5, 5.41) is 1.88.